The summed E-state index contributed by atoms with van der Waals surface area (Å²) >= 11 is 0. The van der Waals surface area contributed by atoms with Gasteiger partial charge >= 0.3 is 0 Å². The number of tetrazole rings is 1. The van der Waals surface area contributed by atoms with Crippen molar-refractivity contribution in [3.05, 3.63) is 53.6 Å². The van der Waals surface area contributed by atoms with Crippen molar-refractivity contribution in [3.8, 4) is 11.4 Å². The van der Waals surface area contributed by atoms with Crippen molar-refractivity contribution < 1.29 is 9.18 Å². The SMILES string of the molecule is Cc1cc(-c2ncnc(Nc3cnn(C)c3)n2)c(F)cc1CCC(=O)c1nnn(C(C)(C)C)n1. The van der Waals surface area contributed by atoms with E-state index in [1.165, 1.54) is 17.2 Å². The largest absolute Gasteiger partial charge is 0.321 e. The number of aromatic nitrogens is 9. The predicted octanol–water partition coefficient (Wildman–Crippen LogP) is 3.02. The Bertz CT molecular complexity index is 1340. The van der Waals surface area contributed by atoms with Gasteiger partial charge in [-0.25, -0.2) is 14.4 Å². The molecule has 4 rings (SSSR count). The zero-order chi connectivity index (χ0) is 24.5. The molecule has 0 saturated heterocycles. The van der Waals surface area contributed by atoms with Gasteiger partial charge < -0.3 is 5.32 Å². The van der Waals surface area contributed by atoms with Crippen molar-refractivity contribution in [2.75, 3.05) is 5.32 Å². The fraction of sp³-hybridized carbons (Fsp3) is 0.364. The summed E-state index contributed by atoms with van der Waals surface area (Å²) < 4.78 is 16.6. The number of hydrogen-bond acceptors (Lipinski definition) is 9. The minimum atomic E-state index is -0.483. The third-order valence-corrected chi connectivity index (χ3v) is 5.08. The summed E-state index contributed by atoms with van der Waals surface area (Å²) in [5.41, 5.74) is 2.11. The summed E-state index contributed by atoms with van der Waals surface area (Å²) in [5, 5.41) is 19.0. The van der Waals surface area contributed by atoms with Crippen molar-refractivity contribution in [2.24, 2.45) is 7.05 Å². The monoisotopic (exact) mass is 464 g/mol. The van der Waals surface area contributed by atoms with Crippen LogP contribution in [0.5, 0.6) is 0 Å². The van der Waals surface area contributed by atoms with Crippen LogP contribution in [0, 0.1) is 12.7 Å². The Labute approximate surface area is 195 Å². The molecule has 4 aromatic rings. The Hall–Kier alpha value is -4.09. The molecular weight excluding hydrogens is 439 g/mol. The Kier molecular flexibility index (Phi) is 6.14. The van der Waals surface area contributed by atoms with E-state index in [4.69, 9.17) is 0 Å². The molecule has 0 spiro atoms. The lowest BCUT2D eigenvalue weighted by atomic mass is 9.99. The number of benzene rings is 1. The van der Waals surface area contributed by atoms with Gasteiger partial charge in [0.25, 0.3) is 0 Å². The average Bonchev–Trinajstić information content (AvgIpc) is 3.43. The van der Waals surface area contributed by atoms with Crippen LogP contribution >= 0.6 is 0 Å². The number of ketones is 1. The summed E-state index contributed by atoms with van der Waals surface area (Å²) in [6.07, 6.45) is 5.20. The van der Waals surface area contributed by atoms with Gasteiger partial charge in [-0.1, -0.05) is 0 Å². The van der Waals surface area contributed by atoms with Gasteiger partial charge in [0.2, 0.25) is 17.6 Å². The van der Waals surface area contributed by atoms with E-state index in [9.17, 15) is 4.79 Å². The molecule has 11 nitrogen and oxygen atoms in total. The molecule has 0 saturated carbocycles. The minimum absolute atomic E-state index is 0.0588. The average molecular weight is 465 g/mol. The molecule has 0 aliphatic carbocycles. The smallest absolute Gasteiger partial charge is 0.240 e. The molecule has 0 atom stereocenters. The Morgan fingerprint density at radius 3 is 2.68 bits per heavy atom. The van der Waals surface area contributed by atoms with Crippen LogP contribution < -0.4 is 5.32 Å². The first-order valence-electron chi connectivity index (χ1n) is 10.7. The quantitative estimate of drug-likeness (QED) is 0.410. The van der Waals surface area contributed by atoms with Crippen LogP contribution in [0.25, 0.3) is 11.4 Å². The number of halogens is 1. The third kappa shape index (κ3) is 5.11. The zero-order valence-corrected chi connectivity index (χ0v) is 19.6. The number of aryl methyl sites for hydroxylation is 3. The van der Waals surface area contributed by atoms with Crippen molar-refractivity contribution in [1.29, 1.82) is 0 Å². The summed E-state index contributed by atoms with van der Waals surface area (Å²) in [5.74, 6) is -0.192. The maximum Gasteiger partial charge on any atom is 0.240 e. The summed E-state index contributed by atoms with van der Waals surface area (Å²) in [4.78, 5) is 26.5. The second-order valence-electron chi connectivity index (χ2n) is 8.92. The molecule has 34 heavy (non-hydrogen) atoms. The lowest BCUT2D eigenvalue weighted by Crippen LogP contribution is -2.25. The van der Waals surface area contributed by atoms with E-state index in [-0.39, 0.29) is 40.9 Å². The molecule has 0 aliphatic rings. The second kappa shape index (κ2) is 9.04. The van der Waals surface area contributed by atoms with Crippen LogP contribution in [0.4, 0.5) is 16.0 Å². The lowest BCUT2D eigenvalue weighted by molar-refractivity contribution is 0.0972. The first-order chi connectivity index (χ1) is 16.1. The summed E-state index contributed by atoms with van der Waals surface area (Å²) in [7, 11) is 1.79. The Morgan fingerprint density at radius 1 is 1.21 bits per heavy atom. The molecule has 0 unspecified atom stereocenters. The van der Waals surface area contributed by atoms with Gasteiger partial charge in [-0.3, -0.25) is 9.48 Å². The number of carbonyl (C=O) groups is 1. The van der Waals surface area contributed by atoms with Gasteiger partial charge in [0.05, 0.1) is 23.0 Å². The van der Waals surface area contributed by atoms with Gasteiger partial charge in [-0.2, -0.15) is 14.9 Å². The number of nitrogens with zero attached hydrogens (tertiary/aromatic N) is 9. The lowest BCUT2D eigenvalue weighted by Gasteiger charge is -2.15. The van der Waals surface area contributed by atoms with Crippen LogP contribution in [0.3, 0.4) is 0 Å². The van der Waals surface area contributed by atoms with E-state index < -0.39 is 5.82 Å². The molecule has 3 heterocycles. The van der Waals surface area contributed by atoms with Gasteiger partial charge in [0, 0.05) is 19.7 Å². The molecule has 0 bridgehead atoms. The molecule has 12 heteroatoms. The zero-order valence-electron chi connectivity index (χ0n) is 19.6. The second-order valence-corrected chi connectivity index (χ2v) is 8.92. The van der Waals surface area contributed by atoms with E-state index in [0.717, 1.165) is 5.56 Å². The molecule has 3 aromatic heterocycles. The van der Waals surface area contributed by atoms with Crippen molar-refractivity contribution >= 4 is 17.4 Å². The maximum atomic E-state index is 15.0. The Balaban J connectivity index is 1.48. The summed E-state index contributed by atoms with van der Waals surface area (Å²) in [6.45, 7) is 7.61. The van der Waals surface area contributed by atoms with Crippen LogP contribution in [0.2, 0.25) is 0 Å². The normalized spacial score (nSPS) is 11.6. The van der Waals surface area contributed by atoms with Crippen molar-refractivity contribution in [2.45, 2.75) is 46.1 Å². The van der Waals surface area contributed by atoms with Crippen LogP contribution in [0.1, 0.15) is 48.9 Å². The fourth-order valence-corrected chi connectivity index (χ4v) is 3.23. The number of Topliss-reactive ketones (excluding diaryl/α,β-unsaturated/α-hetero) is 1. The highest BCUT2D eigenvalue weighted by Crippen LogP contribution is 2.25. The molecule has 1 N–H and O–H groups in total. The number of nitrogens with one attached hydrogen (secondary N) is 1. The van der Waals surface area contributed by atoms with E-state index in [0.29, 0.717) is 17.7 Å². The topological polar surface area (TPSA) is 129 Å². The van der Waals surface area contributed by atoms with E-state index >= 15 is 4.39 Å². The third-order valence-electron chi connectivity index (χ3n) is 5.08. The van der Waals surface area contributed by atoms with Gasteiger partial charge in [-0.15, -0.1) is 10.2 Å². The fourth-order valence-electron chi connectivity index (χ4n) is 3.23. The molecule has 0 radical (unpaired) electrons. The number of hydrogen-bond donors (Lipinski definition) is 1. The van der Waals surface area contributed by atoms with Gasteiger partial charge in [0.1, 0.15) is 12.1 Å². The number of rotatable bonds is 7. The highest BCUT2D eigenvalue weighted by molar-refractivity contribution is 5.92. The molecule has 0 fully saturated rings. The van der Waals surface area contributed by atoms with E-state index in [1.54, 1.807) is 30.2 Å². The van der Waals surface area contributed by atoms with Crippen LogP contribution in [-0.2, 0) is 19.0 Å². The van der Waals surface area contributed by atoms with E-state index in [1.807, 2.05) is 27.7 Å². The predicted molar refractivity (Wildman–Crippen MR) is 122 cm³/mol. The highest BCUT2D eigenvalue weighted by atomic mass is 19.1. The van der Waals surface area contributed by atoms with Crippen LogP contribution in [-0.4, -0.2) is 50.7 Å². The molecule has 176 valence electrons. The Morgan fingerprint density at radius 2 is 2.00 bits per heavy atom. The standard InChI is InChI=1S/C22H25FN10O/c1-13-8-16(19-24-12-25-21(28-19)27-15-10-26-32(5)11-15)17(23)9-14(13)6-7-18(34)20-29-31-33(30-20)22(2,3)4/h8-12H,6-7H2,1-5H3,(H,24,25,27,28). The van der Waals surface area contributed by atoms with Crippen molar-refractivity contribution in [3.63, 3.8) is 0 Å². The summed E-state index contributed by atoms with van der Waals surface area (Å²) in [6, 6.07) is 3.09. The van der Waals surface area contributed by atoms with Gasteiger partial charge in [-0.05, 0) is 62.6 Å². The minimum Gasteiger partial charge on any atom is -0.321 e. The molecule has 0 aliphatic heterocycles. The molecule has 0 amide bonds. The van der Waals surface area contributed by atoms with E-state index in [2.05, 4.69) is 40.8 Å². The molecular formula is C22H25FN10O. The number of carbonyl (C=O) groups excluding carboxylic acids is 1. The van der Waals surface area contributed by atoms with Crippen molar-refractivity contribution in [1.82, 2.24) is 44.9 Å². The molecule has 1 aromatic carbocycles. The van der Waals surface area contributed by atoms with Crippen LogP contribution in [0.15, 0.2) is 30.9 Å². The maximum absolute atomic E-state index is 15.0. The number of anilines is 2. The van der Waals surface area contributed by atoms with Gasteiger partial charge in [0.15, 0.2) is 5.82 Å². The first kappa shape index (κ1) is 23.1. The first-order valence-corrected chi connectivity index (χ1v) is 10.7. The highest BCUT2D eigenvalue weighted by Gasteiger charge is 2.21.